The molecule has 0 saturated carbocycles. The van der Waals surface area contributed by atoms with Crippen molar-refractivity contribution in [3.05, 3.63) is 58.1 Å². The Kier molecular flexibility index (Phi) is 6.46. The van der Waals surface area contributed by atoms with Crippen LogP contribution >= 0.6 is 23.2 Å². The van der Waals surface area contributed by atoms with E-state index in [1.165, 1.54) is 6.07 Å². The van der Waals surface area contributed by atoms with Gasteiger partial charge in [0.2, 0.25) is 0 Å². The zero-order valence-corrected chi connectivity index (χ0v) is 14.4. The van der Waals surface area contributed by atoms with Crippen molar-refractivity contribution in [3.63, 3.8) is 0 Å². The number of hydrogen-bond donors (Lipinski definition) is 1. The van der Waals surface area contributed by atoms with E-state index in [9.17, 15) is 9.59 Å². The van der Waals surface area contributed by atoms with Gasteiger partial charge in [0.1, 0.15) is 5.75 Å². The second kappa shape index (κ2) is 8.57. The van der Waals surface area contributed by atoms with Crippen LogP contribution in [0.2, 0.25) is 10.0 Å². The van der Waals surface area contributed by atoms with Crippen molar-refractivity contribution in [3.8, 4) is 5.75 Å². The number of benzene rings is 2. The Morgan fingerprint density at radius 2 is 1.75 bits per heavy atom. The number of esters is 1. The second-order valence-electron chi connectivity index (χ2n) is 4.71. The Morgan fingerprint density at radius 1 is 1.04 bits per heavy atom. The first-order valence-corrected chi connectivity index (χ1v) is 7.90. The Labute approximate surface area is 149 Å². The second-order valence-corrected chi connectivity index (χ2v) is 5.52. The van der Waals surface area contributed by atoms with Gasteiger partial charge in [-0.3, -0.25) is 4.79 Å². The van der Waals surface area contributed by atoms with Crippen LogP contribution in [0, 0.1) is 0 Å². The number of carbonyl (C=O) groups is 2. The molecule has 0 fully saturated rings. The predicted octanol–water partition coefficient (Wildman–Crippen LogP) is 4.19. The highest BCUT2D eigenvalue weighted by atomic mass is 35.5. The maximum atomic E-state index is 11.9. The molecule has 0 aliphatic carbocycles. The summed E-state index contributed by atoms with van der Waals surface area (Å²) in [5.41, 5.74) is 0.798. The molecule has 1 amide bonds. The van der Waals surface area contributed by atoms with E-state index in [1.807, 2.05) is 6.92 Å². The van der Waals surface area contributed by atoms with Crippen LogP contribution in [0.15, 0.2) is 42.5 Å². The van der Waals surface area contributed by atoms with Crippen LogP contribution in [-0.4, -0.2) is 25.1 Å². The summed E-state index contributed by atoms with van der Waals surface area (Å²) >= 11 is 11.7. The molecule has 0 bridgehead atoms. The maximum absolute atomic E-state index is 11.9. The van der Waals surface area contributed by atoms with Crippen molar-refractivity contribution >= 4 is 40.8 Å². The number of carbonyl (C=O) groups excluding carboxylic acids is 2. The lowest BCUT2D eigenvalue weighted by atomic mass is 10.2. The van der Waals surface area contributed by atoms with Gasteiger partial charge < -0.3 is 14.8 Å². The van der Waals surface area contributed by atoms with Crippen LogP contribution in [0.4, 0.5) is 5.69 Å². The fourth-order valence-electron chi connectivity index (χ4n) is 1.84. The lowest BCUT2D eigenvalue weighted by molar-refractivity contribution is -0.119. The summed E-state index contributed by atoms with van der Waals surface area (Å²) in [4.78, 5) is 23.7. The van der Waals surface area contributed by atoms with Crippen LogP contribution in [0.1, 0.15) is 17.3 Å². The molecule has 24 heavy (non-hydrogen) atoms. The highest BCUT2D eigenvalue weighted by Gasteiger charge is 2.11. The first-order chi connectivity index (χ1) is 11.5. The Morgan fingerprint density at radius 3 is 2.38 bits per heavy atom. The molecular formula is C17H15Cl2NO4. The van der Waals surface area contributed by atoms with E-state index < -0.39 is 18.5 Å². The fraction of sp³-hybridized carbons (Fsp3) is 0.176. The molecule has 0 saturated heterocycles. The summed E-state index contributed by atoms with van der Waals surface area (Å²) in [7, 11) is 0. The quantitative estimate of drug-likeness (QED) is 0.777. The summed E-state index contributed by atoms with van der Waals surface area (Å²) in [6.07, 6.45) is 0. The average molecular weight is 368 g/mol. The third kappa shape index (κ3) is 5.15. The summed E-state index contributed by atoms with van der Waals surface area (Å²) < 4.78 is 10.3. The molecule has 0 aromatic heterocycles. The SMILES string of the molecule is CCOc1ccc(C(=O)OCC(=O)Nc2ccc(Cl)c(Cl)c2)cc1. The zero-order chi connectivity index (χ0) is 17.5. The van der Waals surface area contributed by atoms with E-state index in [1.54, 1.807) is 36.4 Å². The van der Waals surface area contributed by atoms with Crippen molar-refractivity contribution in [2.24, 2.45) is 0 Å². The molecule has 126 valence electrons. The molecule has 2 aromatic rings. The standard InChI is InChI=1S/C17H15Cl2NO4/c1-2-23-13-6-3-11(4-7-13)17(22)24-10-16(21)20-12-5-8-14(18)15(19)9-12/h3-9H,2,10H2,1H3,(H,20,21). The zero-order valence-electron chi connectivity index (χ0n) is 12.8. The molecule has 5 nitrogen and oxygen atoms in total. The summed E-state index contributed by atoms with van der Waals surface area (Å²) in [6.45, 7) is 2.00. The van der Waals surface area contributed by atoms with E-state index in [2.05, 4.69) is 5.32 Å². The molecule has 0 aliphatic heterocycles. The van der Waals surface area contributed by atoms with E-state index in [-0.39, 0.29) is 0 Å². The Bertz CT molecular complexity index is 732. The molecule has 2 aromatic carbocycles. The number of anilines is 1. The van der Waals surface area contributed by atoms with Gasteiger partial charge in [0, 0.05) is 5.69 Å². The monoisotopic (exact) mass is 367 g/mol. The largest absolute Gasteiger partial charge is 0.494 e. The van der Waals surface area contributed by atoms with Crippen molar-refractivity contribution in [1.82, 2.24) is 0 Å². The van der Waals surface area contributed by atoms with E-state index >= 15 is 0 Å². The first kappa shape index (κ1) is 18.1. The third-order valence-corrected chi connectivity index (χ3v) is 3.68. The number of halogens is 2. The first-order valence-electron chi connectivity index (χ1n) is 7.14. The van der Waals surface area contributed by atoms with Crippen molar-refractivity contribution in [1.29, 1.82) is 0 Å². The lowest BCUT2D eigenvalue weighted by Gasteiger charge is -2.08. The van der Waals surface area contributed by atoms with Crippen LogP contribution < -0.4 is 10.1 Å². The maximum Gasteiger partial charge on any atom is 0.338 e. The van der Waals surface area contributed by atoms with Gasteiger partial charge >= 0.3 is 5.97 Å². The number of rotatable bonds is 6. The van der Waals surface area contributed by atoms with E-state index in [0.717, 1.165) is 0 Å². The summed E-state index contributed by atoms with van der Waals surface area (Å²) in [5, 5.41) is 3.27. The van der Waals surface area contributed by atoms with Gasteiger partial charge in [-0.15, -0.1) is 0 Å². The lowest BCUT2D eigenvalue weighted by Crippen LogP contribution is -2.20. The highest BCUT2D eigenvalue weighted by Crippen LogP contribution is 2.24. The smallest absolute Gasteiger partial charge is 0.338 e. The molecule has 7 heteroatoms. The van der Waals surface area contributed by atoms with Crippen LogP contribution in [0.3, 0.4) is 0 Å². The van der Waals surface area contributed by atoms with Gasteiger partial charge in [-0.2, -0.15) is 0 Å². The van der Waals surface area contributed by atoms with Gasteiger partial charge in [-0.25, -0.2) is 4.79 Å². The fourth-order valence-corrected chi connectivity index (χ4v) is 2.14. The average Bonchev–Trinajstić information content (AvgIpc) is 2.57. The van der Waals surface area contributed by atoms with Crippen molar-refractivity contribution in [2.75, 3.05) is 18.5 Å². The molecule has 2 rings (SSSR count). The van der Waals surface area contributed by atoms with Gasteiger partial charge in [0.05, 0.1) is 22.2 Å². The van der Waals surface area contributed by atoms with Crippen molar-refractivity contribution in [2.45, 2.75) is 6.92 Å². The van der Waals surface area contributed by atoms with E-state index in [4.69, 9.17) is 32.7 Å². The minimum Gasteiger partial charge on any atom is -0.494 e. The number of ether oxygens (including phenoxy) is 2. The number of hydrogen-bond acceptors (Lipinski definition) is 4. The van der Waals surface area contributed by atoms with Crippen LogP contribution in [-0.2, 0) is 9.53 Å². The number of amides is 1. The molecule has 0 unspecified atom stereocenters. The molecule has 1 N–H and O–H groups in total. The Hall–Kier alpha value is -2.24. The van der Waals surface area contributed by atoms with E-state index in [0.29, 0.717) is 33.7 Å². The number of nitrogens with one attached hydrogen (secondary N) is 1. The molecule has 0 spiro atoms. The van der Waals surface area contributed by atoms with Gasteiger partial charge in [-0.1, -0.05) is 23.2 Å². The van der Waals surface area contributed by atoms with Crippen LogP contribution in [0.5, 0.6) is 5.75 Å². The Balaban J connectivity index is 1.86. The highest BCUT2D eigenvalue weighted by molar-refractivity contribution is 6.42. The molecule has 0 atom stereocenters. The van der Waals surface area contributed by atoms with Gasteiger partial charge in [0.25, 0.3) is 5.91 Å². The molecule has 0 radical (unpaired) electrons. The van der Waals surface area contributed by atoms with Crippen LogP contribution in [0.25, 0.3) is 0 Å². The van der Waals surface area contributed by atoms with Crippen molar-refractivity contribution < 1.29 is 19.1 Å². The van der Waals surface area contributed by atoms with Gasteiger partial charge in [0.15, 0.2) is 6.61 Å². The molecule has 0 aliphatic rings. The summed E-state index contributed by atoms with van der Waals surface area (Å²) in [5.74, 6) is -0.415. The predicted molar refractivity (Wildman–Crippen MR) is 93.0 cm³/mol. The molecular weight excluding hydrogens is 353 g/mol. The molecule has 0 heterocycles. The normalized spacial score (nSPS) is 10.1. The topological polar surface area (TPSA) is 64.6 Å². The summed E-state index contributed by atoms with van der Waals surface area (Å²) in [6, 6.07) is 11.1. The van der Waals surface area contributed by atoms with Gasteiger partial charge in [-0.05, 0) is 49.4 Å². The minimum absolute atomic E-state index is 0.320. The third-order valence-electron chi connectivity index (χ3n) is 2.94. The minimum atomic E-state index is -0.595.